The molecule has 1 N–H and O–H groups in total. The molecule has 0 saturated carbocycles. The second-order valence-corrected chi connectivity index (χ2v) is 7.59. The van der Waals surface area contributed by atoms with Crippen molar-refractivity contribution in [3.05, 3.63) is 60.1 Å². The number of aryl methyl sites for hydroxylation is 1. The van der Waals surface area contributed by atoms with E-state index < -0.39 is 5.82 Å². The number of hydrogen-bond donors (Lipinski definition) is 1. The second kappa shape index (κ2) is 6.66. The van der Waals surface area contributed by atoms with Gasteiger partial charge in [-0.05, 0) is 31.2 Å². The minimum Gasteiger partial charge on any atom is -0.369 e. The molecule has 1 aliphatic rings. The lowest BCUT2D eigenvalue weighted by atomic mass is 10.1. The van der Waals surface area contributed by atoms with Gasteiger partial charge in [0, 0.05) is 61.8 Å². The van der Waals surface area contributed by atoms with Crippen LogP contribution in [0.4, 0.5) is 10.1 Å². The molecule has 5 rings (SSSR count). The molecule has 1 aliphatic heterocycles. The fraction of sp³-hybridized carbons (Fsp3) is 0.286. The number of hydrogen-bond acceptors (Lipinski definition) is 5. The first-order chi connectivity index (χ1) is 14.0. The number of piperazine rings is 1. The predicted octanol–water partition coefficient (Wildman–Crippen LogP) is 2.39. The second-order valence-electron chi connectivity index (χ2n) is 7.59. The lowest BCUT2D eigenvalue weighted by Gasteiger charge is -2.33. The third kappa shape index (κ3) is 3.05. The molecule has 4 aromatic rings. The largest absolute Gasteiger partial charge is 0.369 e. The quantitative estimate of drug-likeness (QED) is 0.543. The molecule has 148 valence electrons. The van der Waals surface area contributed by atoms with Gasteiger partial charge in [0.1, 0.15) is 5.52 Å². The van der Waals surface area contributed by atoms with Crippen molar-refractivity contribution in [2.24, 2.45) is 7.05 Å². The fourth-order valence-corrected chi connectivity index (χ4v) is 3.99. The summed E-state index contributed by atoms with van der Waals surface area (Å²) in [5.74, 6) is -0.566. The number of pyridine rings is 1. The number of ketones is 1. The van der Waals surface area contributed by atoms with Gasteiger partial charge in [-0.3, -0.25) is 13.9 Å². The van der Waals surface area contributed by atoms with Gasteiger partial charge >= 0.3 is 0 Å². The van der Waals surface area contributed by atoms with Crippen LogP contribution < -0.4 is 10.2 Å². The Balaban J connectivity index is 1.51. The number of halogens is 1. The van der Waals surface area contributed by atoms with Gasteiger partial charge in [-0.15, -0.1) is 0 Å². The fourth-order valence-electron chi connectivity index (χ4n) is 3.99. The standard InChI is InChI=1S/C21H21FN6O/c1-13-11-27(6-4-23-13)16-3-5-28-17(9-16)10-24-21(28)20(29)14-7-15-12-26(2)25-19(15)18(22)8-14/h3,5,7-10,12-13,23H,4,6,11H2,1-2H3. The van der Waals surface area contributed by atoms with Crippen molar-refractivity contribution in [1.82, 2.24) is 24.5 Å². The van der Waals surface area contributed by atoms with Gasteiger partial charge in [-0.2, -0.15) is 5.10 Å². The maximum absolute atomic E-state index is 14.4. The van der Waals surface area contributed by atoms with Gasteiger partial charge in [0.15, 0.2) is 11.6 Å². The van der Waals surface area contributed by atoms with Crippen molar-refractivity contribution >= 4 is 27.9 Å². The SMILES string of the molecule is CC1CN(c2ccn3c(C(=O)c4cc(F)c5nn(C)cc5c4)ncc3c2)CCN1. The molecule has 1 atom stereocenters. The Bertz CT molecular complexity index is 1240. The third-order valence-electron chi connectivity index (χ3n) is 5.39. The summed E-state index contributed by atoms with van der Waals surface area (Å²) in [7, 11) is 1.72. The summed E-state index contributed by atoms with van der Waals surface area (Å²) in [6, 6.07) is 7.35. The summed E-state index contributed by atoms with van der Waals surface area (Å²) in [5, 5.41) is 8.11. The zero-order valence-corrected chi connectivity index (χ0v) is 16.3. The van der Waals surface area contributed by atoms with E-state index in [9.17, 15) is 9.18 Å². The topological polar surface area (TPSA) is 67.5 Å². The average Bonchev–Trinajstić information content (AvgIpc) is 3.30. The first-order valence-corrected chi connectivity index (χ1v) is 9.62. The summed E-state index contributed by atoms with van der Waals surface area (Å²) in [5.41, 5.74) is 2.45. The lowest BCUT2D eigenvalue weighted by molar-refractivity contribution is 0.102. The molecule has 4 heterocycles. The molecule has 0 bridgehead atoms. The zero-order chi connectivity index (χ0) is 20.1. The third-order valence-corrected chi connectivity index (χ3v) is 5.39. The van der Waals surface area contributed by atoms with Crippen LogP contribution >= 0.6 is 0 Å². The first kappa shape index (κ1) is 17.8. The van der Waals surface area contributed by atoms with Gasteiger partial charge in [-0.1, -0.05) is 0 Å². The van der Waals surface area contributed by atoms with E-state index in [0.717, 1.165) is 30.8 Å². The minimum atomic E-state index is -0.512. The number of aromatic nitrogens is 4. The molecule has 8 heteroatoms. The molecule has 29 heavy (non-hydrogen) atoms. The minimum absolute atomic E-state index is 0.256. The molecule has 1 fully saturated rings. The van der Waals surface area contributed by atoms with Gasteiger partial charge in [-0.25, -0.2) is 9.37 Å². The number of fused-ring (bicyclic) bond motifs is 2. The van der Waals surface area contributed by atoms with Crippen LogP contribution in [0.3, 0.4) is 0 Å². The van der Waals surface area contributed by atoms with E-state index in [1.165, 1.54) is 10.7 Å². The van der Waals surface area contributed by atoms with Gasteiger partial charge in [0.25, 0.3) is 0 Å². The summed E-state index contributed by atoms with van der Waals surface area (Å²) < 4.78 is 17.7. The average molecular weight is 392 g/mol. The molecule has 3 aromatic heterocycles. The van der Waals surface area contributed by atoms with Crippen molar-refractivity contribution in [3.8, 4) is 0 Å². The predicted molar refractivity (Wildman–Crippen MR) is 109 cm³/mol. The summed E-state index contributed by atoms with van der Waals surface area (Å²) in [6.07, 6.45) is 5.23. The van der Waals surface area contributed by atoms with Crippen molar-refractivity contribution in [2.45, 2.75) is 13.0 Å². The highest BCUT2D eigenvalue weighted by Gasteiger charge is 2.20. The number of carbonyl (C=O) groups excluding carboxylic acids is 1. The smallest absolute Gasteiger partial charge is 0.228 e. The van der Waals surface area contributed by atoms with E-state index in [1.54, 1.807) is 29.9 Å². The van der Waals surface area contributed by atoms with E-state index in [0.29, 0.717) is 11.4 Å². The van der Waals surface area contributed by atoms with Gasteiger partial charge < -0.3 is 10.2 Å². The molecule has 1 unspecified atom stereocenters. The van der Waals surface area contributed by atoms with Crippen molar-refractivity contribution < 1.29 is 9.18 Å². The number of nitrogens with zero attached hydrogens (tertiary/aromatic N) is 5. The first-order valence-electron chi connectivity index (χ1n) is 9.62. The van der Waals surface area contributed by atoms with Crippen molar-refractivity contribution in [3.63, 3.8) is 0 Å². The van der Waals surface area contributed by atoms with Crippen LogP contribution in [-0.2, 0) is 7.05 Å². The number of anilines is 1. The monoisotopic (exact) mass is 392 g/mol. The highest BCUT2D eigenvalue weighted by atomic mass is 19.1. The highest BCUT2D eigenvalue weighted by molar-refractivity contribution is 6.09. The van der Waals surface area contributed by atoms with E-state index in [4.69, 9.17) is 0 Å². The van der Waals surface area contributed by atoms with Crippen LogP contribution in [0.15, 0.2) is 42.9 Å². The maximum Gasteiger partial charge on any atom is 0.228 e. The molecule has 0 amide bonds. The zero-order valence-electron chi connectivity index (χ0n) is 16.3. The lowest BCUT2D eigenvalue weighted by Crippen LogP contribution is -2.49. The number of nitrogens with one attached hydrogen (secondary N) is 1. The highest BCUT2D eigenvalue weighted by Crippen LogP contribution is 2.23. The molecular formula is C21H21FN6O. The number of benzene rings is 1. The molecule has 1 aromatic carbocycles. The van der Waals surface area contributed by atoms with Crippen LogP contribution in [0.2, 0.25) is 0 Å². The Hall–Kier alpha value is -3.26. The van der Waals surface area contributed by atoms with Crippen molar-refractivity contribution in [2.75, 3.05) is 24.5 Å². The van der Waals surface area contributed by atoms with E-state index >= 15 is 0 Å². The van der Waals surface area contributed by atoms with Crippen LogP contribution in [0, 0.1) is 5.82 Å². The Kier molecular flexibility index (Phi) is 4.09. The Morgan fingerprint density at radius 3 is 3.00 bits per heavy atom. The molecule has 0 spiro atoms. The van der Waals surface area contributed by atoms with Crippen LogP contribution in [0.1, 0.15) is 23.1 Å². The van der Waals surface area contributed by atoms with Crippen LogP contribution in [-0.4, -0.2) is 50.6 Å². The van der Waals surface area contributed by atoms with Gasteiger partial charge in [0.05, 0.1) is 11.7 Å². The normalized spacial score (nSPS) is 17.3. The molecule has 1 saturated heterocycles. The number of imidazole rings is 1. The van der Waals surface area contributed by atoms with E-state index in [-0.39, 0.29) is 22.7 Å². The molecular weight excluding hydrogens is 371 g/mol. The van der Waals surface area contributed by atoms with Gasteiger partial charge in [0.2, 0.25) is 5.78 Å². The number of rotatable bonds is 3. The maximum atomic E-state index is 14.4. The van der Waals surface area contributed by atoms with Crippen LogP contribution in [0.5, 0.6) is 0 Å². The van der Waals surface area contributed by atoms with E-state index in [1.807, 2.05) is 18.3 Å². The summed E-state index contributed by atoms with van der Waals surface area (Å²) in [6.45, 7) is 4.97. The molecule has 7 nitrogen and oxygen atoms in total. The van der Waals surface area contributed by atoms with Crippen LogP contribution in [0.25, 0.3) is 16.4 Å². The Morgan fingerprint density at radius 1 is 1.31 bits per heavy atom. The Labute approximate surface area is 166 Å². The van der Waals surface area contributed by atoms with E-state index in [2.05, 4.69) is 27.2 Å². The summed E-state index contributed by atoms with van der Waals surface area (Å²) >= 11 is 0. The molecule has 0 radical (unpaired) electrons. The summed E-state index contributed by atoms with van der Waals surface area (Å²) in [4.78, 5) is 19.7. The van der Waals surface area contributed by atoms with Crippen molar-refractivity contribution in [1.29, 1.82) is 0 Å². The number of carbonyl (C=O) groups is 1. The molecule has 0 aliphatic carbocycles. The Morgan fingerprint density at radius 2 is 2.17 bits per heavy atom.